The van der Waals surface area contributed by atoms with E-state index >= 15 is 0 Å². The molecule has 1 heterocycles. The first-order chi connectivity index (χ1) is 11.5. The van der Waals surface area contributed by atoms with Gasteiger partial charge in [-0.1, -0.05) is 30.0 Å². The van der Waals surface area contributed by atoms with Gasteiger partial charge in [0.05, 0.1) is 24.9 Å². The van der Waals surface area contributed by atoms with Crippen LogP contribution in [0, 0.1) is 0 Å². The second-order valence-corrected chi connectivity index (χ2v) is 6.47. The average Bonchev–Trinajstić information content (AvgIpc) is 2.60. The van der Waals surface area contributed by atoms with Crippen molar-refractivity contribution in [2.75, 3.05) is 23.3 Å². The molecule has 6 nitrogen and oxygen atoms in total. The standard InChI is InChI=1S/C16H18N4O2S2/c1-11(21)15-7-6-13(9-18-15)20(17)10-24-16(23)19-12-4-3-5-14(8-12)22-2/h3-9H,10,17H2,1-2H3,(H,19,23). The number of thioether (sulfide) groups is 1. The number of carbonyl (C=O) groups is 1. The number of pyridine rings is 1. The van der Waals surface area contributed by atoms with Crippen LogP contribution < -0.4 is 20.9 Å². The molecule has 8 heteroatoms. The van der Waals surface area contributed by atoms with Crippen molar-refractivity contribution in [2.24, 2.45) is 5.84 Å². The number of Topliss-reactive ketones (excluding diaryl/α,β-unsaturated/α-hetero) is 1. The maximum atomic E-state index is 11.2. The number of rotatable bonds is 6. The van der Waals surface area contributed by atoms with Gasteiger partial charge in [-0.05, 0) is 24.3 Å². The number of benzene rings is 1. The van der Waals surface area contributed by atoms with Crippen LogP contribution in [0.5, 0.6) is 5.75 Å². The van der Waals surface area contributed by atoms with E-state index in [9.17, 15) is 4.79 Å². The Morgan fingerprint density at radius 2 is 2.21 bits per heavy atom. The number of anilines is 2. The Balaban J connectivity index is 1.87. The lowest BCUT2D eigenvalue weighted by Crippen LogP contribution is -2.31. The van der Waals surface area contributed by atoms with Gasteiger partial charge in [0, 0.05) is 18.7 Å². The second kappa shape index (κ2) is 8.62. The van der Waals surface area contributed by atoms with Gasteiger partial charge in [0.2, 0.25) is 0 Å². The predicted molar refractivity (Wildman–Crippen MR) is 103 cm³/mol. The Bertz CT molecular complexity index is 722. The first-order valence-corrected chi connectivity index (χ1v) is 8.46. The van der Waals surface area contributed by atoms with Crippen molar-refractivity contribution >= 4 is 45.5 Å². The van der Waals surface area contributed by atoms with Gasteiger partial charge in [0.1, 0.15) is 15.8 Å². The highest BCUT2D eigenvalue weighted by Crippen LogP contribution is 2.19. The van der Waals surface area contributed by atoms with Crippen molar-refractivity contribution in [3.8, 4) is 5.75 Å². The molecule has 0 spiro atoms. The number of aromatic nitrogens is 1. The predicted octanol–water partition coefficient (Wildman–Crippen LogP) is 3.06. The van der Waals surface area contributed by atoms with Gasteiger partial charge in [-0.3, -0.25) is 14.8 Å². The Morgan fingerprint density at radius 1 is 1.42 bits per heavy atom. The van der Waals surface area contributed by atoms with Gasteiger partial charge < -0.3 is 10.1 Å². The molecule has 0 aliphatic carbocycles. The van der Waals surface area contributed by atoms with Crippen molar-refractivity contribution in [2.45, 2.75) is 6.92 Å². The van der Waals surface area contributed by atoms with E-state index in [1.807, 2.05) is 24.3 Å². The second-order valence-electron chi connectivity index (χ2n) is 4.85. The maximum absolute atomic E-state index is 11.2. The maximum Gasteiger partial charge on any atom is 0.178 e. The van der Waals surface area contributed by atoms with Gasteiger partial charge in [-0.15, -0.1) is 0 Å². The Morgan fingerprint density at radius 3 is 2.83 bits per heavy atom. The van der Waals surface area contributed by atoms with Crippen molar-refractivity contribution in [3.05, 3.63) is 48.3 Å². The molecule has 0 aliphatic rings. The minimum Gasteiger partial charge on any atom is -0.497 e. The number of nitrogens with one attached hydrogen (secondary N) is 1. The van der Waals surface area contributed by atoms with Crippen LogP contribution in [0.2, 0.25) is 0 Å². The first kappa shape index (κ1) is 18.2. The Kier molecular flexibility index (Phi) is 6.53. The summed E-state index contributed by atoms with van der Waals surface area (Å²) in [5.41, 5.74) is 1.97. The van der Waals surface area contributed by atoms with E-state index in [1.54, 1.807) is 25.4 Å². The van der Waals surface area contributed by atoms with Crippen LogP contribution >= 0.6 is 24.0 Å². The summed E-state index contributed by atoms with van der Waals surface area (Å²) in [5, 5.41) is 4.63. The van der Waals surface area contributed by atoms with Gasteiger partial charge in [0.15, 0.2) is 5.78 Å². The topological polar surface area (TPSA) is 80.5 Å². The van der Waals surface area contributed by atoms with Crippen LogP contribution in [0.4, 0.5) is 11.4 Å². The summed E-state index contributed by atoms with van der Waals surface area (Å²) in [6, 6.07) is 10.9. The minimum absolute atomic E-state index is 0.0804. The van der Waals surface area contributed by atoms with Gasteiger partial charge in [0.25, 0.3) is 0 Å². The van der Waals surface area contributed by atoms with Crippen molar-refractivity contribution in [1.29, 1.82) is 0 Å². The molecule has 3 N–H and O–H groups in total. The molecule has 0 unspecified atom stereocenters. The number of nitrogens with two attached hydrogens (primary N) is 1. The van der Waals surface area contributed by atoms with Crippen LogP contribution in [-0.2, 0) is 0 Å². The quantitative estimate of drug-likeness (QED) is 0.267. The average molecular weight is 362 g/mol. The van der Waals surface area contributed by atoms with Crippen LogP contribution in [0.1, 0.15) is 17.4 Å². The molecule has 24 heavy (non-hydrogen) atoms. The highest BCUT2D eigenvalue weighted by molar-refractivity contribution is 8.23. The zero-order chi connectivity index (χ0) is 17.5. The lowest BCUT2D eigenvalue weighted by Gasteiger charge is -2.18. The molecule has 0 bridgehead atoms. The molecular weight excluding hydrogens is 344 g/mol. The molecule has 1 aromatic heterocycles. The van der Waals surface area contributed by atoms with Gasteiger partial charge in [-0.2, -0.15) is 0 Å². The van der Waals surface area contributed by atoms with E-state index in [0.717, 1.165) is 11.4 Å². The number of thiocarbonyl (C=S) groups is 1. The zero-order valence-electron chi connectivity index (χ0n) is 13.4. The normalized spacial score (nSPS) is 10.1. The minimum atomic E-state index is -0.0804. The van der Waals surface area contributed by atoms with E-state index < -0.39 is 0 Å². The molecular formula is C16H18N4O2S2. The van der Waals surface area contributed by atoms with E-state index in [-0.39, 0.29) is 5.78 Å². The number of hydrogen-bond donors (Lipinski definition) is 2. The molecule has 0 atom stereocenters. The number of carbonyl (C=O) groups excluding carboxylic acids is 1. The molecule has 0 fully saturated rings. The van der Waals surface area contributed by atoms with E-state index in [1.165, 1.54) is 23.7 Å². The number of methoxy groups -OCH3 is 1. The Hall–Kier alpha value is -2.16. The van der Waals surface area contributed by atoms with Crippen LogP contribution in [-0.4, -0.2) is 28.1 Å². The summed E-state index contributed by atoms with van der Waals surface area (Å²) in [6.07, 6.45) is 1.57. The number of ketones is 1. The molecule has 126 valence electrons. The zero-order valence-corrected chi connectivity index (χ0v) is 15.0. The molecule has 0 amide bonds. The molecule has 0 aliphatic heterocycles. The van der Waals surface area contributed by atoms with Gasteiger partial charge in [-0.25, -0.2) is 5.84 Å². The fourth-order valence-corrected chi connectivity index (χ4v) is 2.69. The Labute approximate surface area is 150 Å². The summed E-state index contributed by atoms with van der Waals surface area (Å²) in [4.78, 5) is 15.3. The van der Waals surface area contributed by atoms with Crippen LogP contribution in [0.15, 0.2) is 42.6 Å². The van der Waals surface area contributed by atoms with Crippen LogP contribution in [0.25, 0.3) is 0 Å². The molecule has 1 aromatic carbocycles. The van der Waals surface area contributed by atoms with E-state index in [4.69, 9.17) is 22.8 Å². The fourth-order valence-electron chi connectivity index (χ4n) is 1.82. The highest BCUT2D eigenvalue weighted by atomic mass is 32.2. The summed E-state index contributed by atoms with van der Waals surface area (Å²) in [5.74, 6) is 7.10. The van der Waals surface area contributed by atoms with Gasteiger partial charge >= 0.3 is 0 Å². The molecule has 0 radical (unpaired) electrons. The lowest BCUT2D eigenvalue weighted by molar-refractivity contribution is 0.101. The molecule has 0 saturated heterocycles. The smallest absolute Gasteiger partial charge is 0.178 e. The molecule has 2 rings (SSSR count). The summed E-state index contributed by atoms with van der Waals surface area (Å²) in [6.45, 7) is 1.47. The third kappa shape index (κ3) is 5.19. The first-order valence-electron chi connectivity index (χ1n) is 7.06. The van der Waals surface area contributed by atoms with Crippen LogP contribution in [0.3, 0.4) is 0 Å². The van der Waals surface area contributed by atoms with Crippen molar-refractivity contribution < 1.29 is 9.53 Å². The monoisotopic (exact) mass is 362 g/mol. The molecule has 0 saturated carbocycles. The largest absolute Gasteiger partial charge is 0.497 e. The highest BCUT2D eigenvalue weighted by Gasteiger charge is 2.07. The van der Waals surface area contributed by atoms with Crippen molar-refractivity contribution in [1.82, 2.24) is 4.98 Å². The number of nitrogens with zero attached hydrogens (tertiary/aromatic N) is 2. The number of ether oxygens (including phenoxy) is 1. The SMILES string of the molecule is COc1cccc(NC(=S)SCN(N)c2ccc(C(C)=O)nc2)c1. The number of hydrogen-bond acceptors (Lipinski definition) is 7. The number of hydrazine groups is 1. The molecule has 2 aromatic rings. The lowest BCUT2D eigenvalue weighted by atomic mass is 10.2. The summed E-state index contributed by atoms with van der Waals surface area (Å²) >= 11 is 6.69. The fraction of sp³-hybridized carbons (Fsp3) is 0.188. The third-order valence-electron chi connectivity index (χ3n) is 3.09. The van der Waals surface area contributed by atoms with E-state index in [2.05, 4.69) is 10.3 Å². The van der Waals surface area contributed by atoms with E-state index in [0.29, 0.717) is 21.6 Å². The summed E-state index contributed by atoms with van der Waals surface area (Å²) < 4.78 is 5.76. The third-order valence-corrected chi connectivity index (χ3v) is 4.32. The summed E-state index contributed by atoms with van der Waals surface area (Å²) in [7, 11) is 1.61. The van der Waals surface area contributed by atoms with Crippen molar-refractivity contribution in [3.63, 3.8) is 0 Å².